The van der Waals surface area contributed by atoms with Crippen LogP contribution in [-0.2, 0) is 23.6 Å². The second-order valence-electron chi connectivity index (χ2n) is 4.86. The van der Waals surface area contributed by atoms with E-state index in [0.717, 1.165) is 11.8 Å². The molecule has 0 aliphatic rings. The van der Waals surface area contributed by atoms with Crippen LogP contribution in [0.3, 0.4) is 0 Å². The van der Waals surface area contributed by atoms with Crippen LogP contribution >= 0.6 is 13.4 Å². The molecule has 0 spiro atoms. The van der Waals surface area contributed by atoms with Gasteiger partial charge in [0, 0.05) is 0 Å². The van der Waals surface area contributed by atoms with E-state index in [-0.39, 0.29) is 0 Å². The summed E-state index contributed by atoms with van der Waals surface area (Å²) in [6, 6.07) is 0. The van der Waals surface area contributed by atoms with Gasteiger partial charge in [0.1, 0.15) is 0 Å². The Morgan fingerprint density at radius 1 is 0.800 bits per heavy atom. The largest absolute Gasteiger partial charge is 0.325 e. The molecule has 0 amide bonds. The van der Waals surface area contributed by atoms with Crippen LogP contribution in [0, 0.1) is 11.8 Å². The van der Waals surface area contributed by atoms with Crippen molar-refractivity contribution in [2.45, 2.75) is 53.4 Å². The predicted molar refractivity (Wildman–Crippen MR) is 90.0 cm³/mol. The molecule has 0 aromatic rings. The normalized spacial score (nSPS) is 12.9. The van der Waals surface area contributed by atoms with Crippen molar-refractivity contribution in [2.75, 3.05) is 0 Å². The highest BCUT2D eigenvalue weighted by Crippen LogP contribution is 2.26. The van der Waals surface area contributed by atoms with E-state index in [4.69, 9.17) is 29.4 Å². The molecule has 6 nitrogen and oxygen atoms in total. The van der Waals surface area contributed by atoms with Crippen LogP contribution in [0.4, 0.5) is 0 Å². The molecule has 20 heavy (non-hydrogen) atoms. The van der Waals surface area contributed by atoms with Crippen molar-refractivity contribution >= 4 is 37.1 Å². The first kappa shape index (κ1) is 26.0. The van der Waals surface area contributed by atoms with Crippen LogP contribution in [-0.4, -0.2) is 29.4 Å². The summed E-state index contributed by atoms with van der Waals surface area (Å²) in [5.41, 5.74) is 0. The van der Waals surface area contributed by atoms with Gasteiger partial charge in [-0.25, -0.2) is 0 Å². The topological polar surface area (TPSA) is 121 Å². The smallest absolute Gasteiger partial charge is 0.319 e. The summed E-state index contributed by atoms with van der Waals surface area (Å²) < 4.78 is 0. The highest BCUT2D eigenvalue weighted by atomic mass is 32.5. The third-order valence-corrected chi connectivity index (χ3v) is 2.18. The van der Waals surface area contributed by atoms with Crippen LogP contribution in [0.5, 0.6) is 0 Å². The van der Waals surface area contributed by atoms with Gasteiger partial charge >= 0.3 is 13.4 Å². The Bertz CT molecular complexity index is 266. The van der Waals surface area contributed by atoms with E-state index in [2.05, 4.69) is 51.3 Å². The fourth-order valence-corrected chi connectivity index (χ4v) is 1.08. The minimum Gasteiger partial charge on any atom is -0.325 e. The SMILES string of the molecule is CCC(C)CCCC(C)C.OP(O)(O)=S.OP(O)(O)=S. The van der Waals surface area contributed by atoms with E-state index in [1.165, 1.54) is 25.7 Å². The van der Waals surface area contributed by atoms with Crippen LogP contribution in [0.25, 0.3) is 0 Å². The Labute approximate surface area is 132 Å². The average molecular weight is 370 g/mol. The van der Waals surface area contributed by atoms with Gasteiger partial charge in [-0.2, -0.15) is 0 Å². The maximum atomic E-state index is 7.56. The second kappa shape index (κ2) is 13.7. The molecule has 0 aromatic heterocycles. The van der Waals surface area contributed by atoms with Crippen LogP contribution in [0.1, 0.15) is 53.4 Å². The van der Waals surface area contributed by atoms with Gasteiger partial charge in [-0.15, -0.1) is 0 Å². The minimum atomic E-state index is -3.81. The van der Waals surface area contributed by atoms with Crippen molar-refractivity contribution in [3.8, 4) is 0 Å². The summed E-state index contributed by atoms with van der Waals surface area (Å²) in [5, 5.41) is 0. The molecule has 0 rings (SSSR count). The Hall–Kier alpha value is 1.06. The summed E-state index contributed by atoms with van der Waals surface area (Å²) in [4.78, 5) is 45.3. The Morgan fingerprint density at radius 3 is 1.30 bits per heavy atom. The van der Waals surface area contributed by atoms with Crippen molar-refractivity contribution in [1.29, 1.82) is 0 Å². The zero-order chi connectivity index (χ0) is 17.0. The lowest BCUT2D eigenvalue weighted by atomic mass is 9.98. The summed E-state index contributed by atoms with van der Waals surface area (Å²) in [6.07, 6.45) is 5.60. The molecule has 1 atom stereocenters. The van der Waals surface area contributed by atoms with Crippen LogP contribution in [0.2, 0.25) is 0 Å². The molecule has 0 heterocycles. The van der Waals surface area contributed by atoms with E-state index in [1.54, 1.807) is 0 Å². The standard InChI is InChI=1S/C10H22.2H3O3PS/c1-5-10(4)8-6-7-9(2)3;2*1-4(2,3)5/h9-10H,5-8H2,1-4H3;2*(H3,1,2,3,5). The fraction of sp³-hybridized carbons (Fsp3) is 1.00. The molecule has 0 saturated heterocycles. The first-order valence-electron chi connectivity index (χ1n) is 6.23. The van der Waals surface area contributed by atoms with Crippen LogP contribution < -0.4 is 0 Å². The third-order valence-electron chi connectivity index (χ3n) is 2.18. The molecule has 126 valence electrons. The molecule has 0 saturated carbocycles. The van der Waals surface area contributed by atoms with E-state index in [0.29, 0.717) is 0 Å². The molecule has 0 fully saturated rings. The van der Waals surface area contributed by atoms with Crippen molar-refractivity contribution in [1.82, 2.24) is 0 Å². The predicted octanol–water partition coefficient (Wildman–Crippen LogP) is 2.23. The molecular weight excluding hydrogens is 342 g/mol. The van der Waals surface area contributed by atoms with Gasteiger partial charge in [-0.3, -0.25) is 0 Å². The Kier molecular flexibility index (Phi) is 17.8. The molecule has 0 aromatic carbocycles. The van der Waals surface area contributed by atoms with Crippen molar-refractivity contribution in [3.05, 3.63) is 0 Å². The average Bonchev–Trinajstić information content (AvgIpc) is 2.11. The van der Waals surface area contributed by atoms with Crippen molar-refractivity contribution < 1.29 is 29.4 Å². The molecular formula is C10H28O6P2S2. The molecule has 0 radical (unpaired) electrons. The zero-order valence-electron chi connectivity index (χ0n) is 12.4. The minimum absolute atomic E-state index is 0.893. The summed E-state index contributed by atoms with van der Waals surface area (Å²) in [6.45, 7) is 1.62. The molecule has 0 aliphatic carbocycles. The van der Waals surface area contributed by atoms with E-state index in [1.807, 2.05) is 0 Å². The lowest BCUT2D eigenvalue weighted by Crippen LogP contribution is -1.94. The highest BCUT2D eigenvalue weighted by molar-refractivity contribution is 8.06. The number of hydrogen-bond acceptors (Lipinski definition) is 2. The van der Waals surface area contributed by atoms with Gasteiger partial charge in [0.05, 0.1) is 0 Å². The third kappa shape index (κ3) is 75.7. The first-order valence-corrected chi connectivity index (χ1v) is 11.6. The van der Waals surface area contributed by atoms with Crippen molar-refractivity contribution in [2.24, 2.45) is 11.8 Å². The molecule has 0 aliphatic heterocycles. The monoisotopic (exact) mass is 370 g/mol. The Morgan fingerprint density at radius 2 is 1.10 bits per heavy atom. The van der Waals surface area contributed by atoms with E-state index < -0.39 is 13.4 Å². The van der Waals surface area contributed by atoms with Crippen LogP contribution in [0.15, 0.2) is 0 Å². The molecule has 0 bridgehead atoms. The van der Waals surface area contributed by atoms with Gasteiger partial charge in [0.25, 0.3) is 0 Å². The summed E-state index contributed by atoms with van der Waals surface area (Å²) >= 11 is 7.21. The van der Waals surface area contributed by atoms with Gasteiger partial charge in [-0.1, -0.05) is 53.4 Å². The Balaban J connectivity index is -0.000000244. The number of rotatable bonds is 5. The van der Waals surface area contributed by atoms with Gasteiger partial charge in [0.15, 0.2) is 0 Å². The van der Waals surface area contributed by atoms with Gasteiger partial charge in [-0.05, 0) is 35.4 Å². The lowest BCUT2D eigenvalue weighted by molar-refractivity contribution is 0.361. The molecule has 6 N–H and O–H groups in total. The molecule has 10 heteroatoms. The fourth-order valence-electron chi connectivity index (χ4n) is 1.08. The first-order chi connectivity index (χ1) is 8.66. The molecule has 1 unspecified atom stereocenters. The number of hydrogen-bond donors (Lipinski definition) is 6. The van der Waals surface area contributed by atoms with Gasteiger partial charge < -0.3 is 29.4 Å². The highest BCUT2D eigenvalue weighted by Gasteiger charge is 1.99. The maximum Gasteiger partial charge on any atom is 0.319 e. The second-order valence-corrected chi connectivity index (χ2v) is 9.86. The maximum absolute atomic E-state index is 7.56. The van der Waals surface area contributed by atoms with E-state index >= 15 is 0 Å². The summed E-state index contributed by atoms with van der Waals surface area (Å²) in [5.74, 6) is 1.84. The quantitative estimate of drug-likeness (QED) is 0.408. The van der Waals surface area contributed by atoms with Gasteiger partial charge in [0.2, 0.25) is 0 Å². The van der Waals surface area contributed by atoms with Crippen molar-refractivity contribution in [3.63, 3.8) is 0 Å². The lowest BCUT2D eigenvalue weighted by Gasteiger charge is -2.08. The van der Waals surface area contributed by atoms with E-state index in [9.17, 15) is 0 Å². The summed E-state index contributed by atoms with van der Waals surface area (Å²) in [7, 11) is 0. The zero-order valence-corrected chi connectivity index (χ0v) is 15.8.